The smallest absolute Gasteiger partial charge is 0.181 e. The van der Waals surface area contributed by atoms with E-state index >= 15 is 0 Å². The first-order chi connectivity index (χ1) is 6.61. The molecule has 1 aromatic rings. The fourth-order valence-corrected chi connectivity index (χ4v) is 1.35. The molecule has 0 unspecified atom stereocenters. The highest BCUT2D eigenvalue weighted by Crippen LogP contribution is 2.32. The van der Waals surface area contributed by atoms with Gasteiger partial charge in [0.05, 0.1) is 7.11 Å². The molecule has 3 nitrogen and oxygen atoms in total. The van der Waals surface area contributed by atoms with Gasteiger partial charge in [0.1, 0.15) is 10.8 Å². The molecule has 6 heteroatoms. The van der Waals surface area contributed by atoms with Crippen LogP contribution in [-0.4, -0.2) is 12.3 Å². The van der Waals surface area contributed by atoms with E-state index in [1.54, 1.807) is 5.48 Å². The summed E-state index contributed by atoms with van der Waals surface area (Å²) in [6, 6.07) is 0.906. The van der Waals surface area contributed by atoms with Gasteiger partial charge in [0, 0.05) is 12.1 Å². The summed E-state index contributed by atoms with van der Waals surface area (Å²) in [7, 11) is 1.28. The maximum Gasteiger partial charge on any atom is 0.181 e. The van der Waals surface area contributed by atoms with E-state index in [4.69, 9.17) is 21.5 Å². The number of hydrogen-bond acceptors (Lipinski definition) is 3. The summed E-state index contributed by atoms with van der Waals surface area (Å²) in [5.41, 5.74) is 2.04. The summed E-state index contributed by atoms with van der Waals surface area (Å²) in [4.78, 5) is 0. The van der Waals surface area contributed by atoms with Crippen molar-refractivity contribution in [1.29, 1.82) is 0 Å². The Morgan fingerprint density at radius 2 is 2.21 bits per heavy atom. The Labute approximate surface area is 84.2 Å². The van der Waals surface area contributed by atoms with Crippen molar-refractivity contribution in [2.45, 2.75) is 6.54 Å². The molecule has 0 heterocycles. The van der Waals surface area contributed by atoms with E-state index < -0.39 is 16.7 Å². The zero-order chi connectivity index (χ0) is 10.7. The number of ether oxygens (including phenoxy) is 1. The molecule has 78 valence electrons. The van der Waals surface area contributed by atoms with E-state index in [2.05, 4.69) is 0 Å². The number of halogens is 3. The first-order valence-corrected chi connectivity index (χ1v) is 4.07. The molecular weight excluding hydrogens is 216 g/mol. The van der Waals surface area contributed by atoms with Crippen LogP contribution in [0, 0.1) is 11.6 Å². The molecule has 0 aliphatic rings. The summed E-state index contributed by atoms with van der Waals surface area (Å²) >= 11 is 5.49. The molecule has 1 aromatic carbocycles. The van der Waals surface area contributed by atoms with Gasteiger partial charge >= 0.3 is 0 Å². The third-order valence-corrected chi connectivity index (χ3v) is 2.01. The van der Waals surface area contributed by atoms with Crippen LogP contribution in [0.15, 0.2) is 6.07 Å². The largest absolute Gasteiger partial charge is 0.495 e. The Morgan fingerprint density at radius 3 is 2.71 bits per heavy atom. The van der Waals surface area contributed by atoms with Gasteiger partial charge in [-0.05, 0) is 6.07 Å². The van der Waals surface area contributed by atoms with Gasteiger partial charge in [0.25, 0.3) is 0 Å². The number of methoxy groups -OCH3 is 1. The fourth-order valence-electron chi connectivity index (χ4n) is 1.06. The highest BCUT2D eigenvalue weighted by molar-refractivity contribution is 6.32. The highest BCUT2D eigenvalue weighted by atomic mass is 35.5. The summed E-state index contributed by atoms with van der Waals surface area (Å²) in [6.07, 6.45) is 0. The molecule has 0 spiro atoms. The molecule has 0 saturated heterocycles. The summed E-state index contributed by atoms with van der Waals surface area (Å²) < 4.78 is 30.6. The van der Waals surface area contributed by atoms with Crippen molar-refractivity contribution in [3.8, 4) is 5.75 Å². The van der Waals surface area contributed by atoms with Crippen molar-refractivity contribution in [2.75, 3.05) is 7.11 Å². The molecule has 0 radical (unpaired) electrons. The van der Waals surface area contributed by atoms with Gasteiger partial charge in [-0.25, -0.2) is 14.3 Å². The quantitative estimate of drug-likeness (QED) is 0.609. The molecule has 0 atom stereocenters. The first-order valence-electron chi connectivity index (χ1n) is 3.69. The second kappa shape index (κ2) is 4.54. The Bertz CT molecular complexity index is 347. The number of rotatable bonds is 3. The molecular formula is C8H8ClF2NO2. The number of nitrogens with one attached hydrogen (secondary N) is 1. The van der Waals surface area contributed by atoms with E-state index in [1.165, 1.54) is 7.11 Å². The van der Waals surface area contributed by atoms with Crippen molar-refractivity contribution < 1.29 is 18.7 Å². The van der Waals surface area contributed by atoms with Gasteiger partial charge in [-0.3, -0.25) is 0 Å². The zero-order valence-electron chi connectivity index (χ0n) is 7.27. The maximum absolute atomic E-state index is 12.9. The van der Waals surface area contributed by atoms with Crippen molar-refractivity contribution in [3.05, 3.63) is 28.3 Å². The van der Waals surface area contributed by atoms with Gasteiger partial charge in [0.2, 0.25) is 0 Å². The SMILES string of the molecule is COc1c(CNO)cc(F)c(F)c1Cl. The molecule has 0 bridgehead atoms. The minimum atomic E-state index is -1.16. The average Bonchev–Trinajstić information content (AvgIpc) is 2.16. The minimum Gasteiger partial charge on any atom is -0.495 e. The second-order valence-corrected chi connectivity index (χ2v) is 2.89. The molecule has 1 rings (SSSR count). The van der Waals surface area contributed by atoms with E-state index in [0.29, 0.717) is 0 Å². The monoisotopic (exact) mass is 223 g/mol. The first kappa shape index (κ1) is 11.2. The molecule has 0 aliphatic heterocycles. The van der Waals surface area contributed by atoms with Gasteiger partial charge < -0.3 is 9.94 Å². The van der Waals surface area contributed by atoms with Gasteiger partial charge in [0.15, 0.2) is 11.6 Å². The van der Waals surface area contributed by atoms with Crippen LogP contribution in [0.1, 0.15) is 5.56 Å². The highest BCUT2D eigenvalue weighted by Gasteiger charge is 2.17. The predicted octanol–water partition coefficient (Wildman–Crippen LogP) is 2.11. The van der Waals surface area contributed by atoms with Crippen molar-refractivity contribution in [3.63, 3.8) is 0 Å². The molecule has 0 amide bonds. The third kappa shape index (κ3) is 1.95. The molecule has 0 aromatic heterocycles. The Kier molecular flexibility index (Phi) is 3.62. The zero-order valence-corrected chi connectivity index (χ0v) is 8.03. The Balaban J connectivity index is 3.28. The second-order valence-electron chi connectivity index (χ2n) is 2.51. The van der Waals surface area contributed by atoms with Crippen LogP contribution in [0.2, 0.25) is 5.02 Å². The predicted molar refractivity (Wildman–Crippen MR) is 46.5 cm³/mol. The molecule has 2 N–H and O–H groups in total. The van der Waals surface area contributed by atoms with Crippen LogP contribution in [-0.2, 0) is 6.54 Å². The van der Waals surface area contributed by atoms with Crippen LogP contribution >= 0.6 is 11.6 Å². The van der Waals surface area contributed by atoms with Crippen LogP contribution < -0.4 is 10.2 Å². The Morgan fingerprint density at radius 1 is 1.57 bits per heavy atom. The standard InChI is InChI=1S/C8H8ClF2NO2/c1-14-8-4(3-12-13)2-5(10)7(11)6(8)9/h2,12-13H,3H2,1H3. The minimum absolute atomic E-state index is 0.00659. The Hall–Kier alpha value is -0.910. The topological polar surface area (TPSA) is 41.5 Å². The lowest BCUT2D eigenvalue weighted by Gasteiger charge is -2.10. The maximum atomic E-state index is 12.9. The fraction of sp³-hybridized carbons (Fsp3) is 0.250. The third-order valence-electron chi connectivity index (χ3n) is 1.67. The lowest BCUT2D eigenvalue weighted by Crippen LogP contribution is -2.09. The van der Waals surface area contributed by atoms with Crippen LogP contribution in [0.5, 0.6) is 5.75 Å². The van der Waals surface area contributed by atoms with Crippen LogP contribution in [0.3, 0.4) is 0 Å². The van der Waals surface area contributed by atoms with E-state index in [0.717, 1.165) is 6.07 Å². The van der Waals surface area contributed by atoms with Crippen LogP contribution in [0.4, 0.5) is 8.78 Å². The number of benzene rings is 1. The molecule has 0 saturated carbocycles. The average molecular weight is 224 g/mol. The molecule has 0 fully saturated rings. The van der Waals surface area contributed by atoms with Crippen molar-refractivity contribution in [1.82, 2.24) is 5.48 Å². The van der Waals surface area contributed by atoms with E-state index in [9.17, 15) is 8.78 Å². The van der Waals surface area contributed by atoms with Crippen molar-refractivity contribution >= 4 is 11.6 Å². The van der Waals surface area contributed by atoms with E-state index in [1.807, 2.05) is 0 Å². The summed E-state index contributed by atoms with van der Waals surface area (Å²) in [5, 5.41) is 7.99. The molecule has 0 aliphatic carbocycles. The van der Waals surface area contributed by atoms with Crippen LogP contribution in [0.25, 0.3) is 0 Å². The summed E-state index contributed by atoms with van der Waals surface area (Å²) in [5.74, 6) is -2.24. The van der Waals surface area contributed by atoms with Gasteiger partial charge in [-0.1, -0.05) is 11.6 Å². The normalized spacial score (nSPS) is 10.4. The lowest BCUT2D eigenvalue weighted by atomic mass is 10.2. The number of hydroxylamine groups is 1. The lowest BCUT2D eigenvalue weighted by molar-refractivity contribution is 0.160. The molecule has 14 heavy (non-hydrogen) atoms. The number of hydrogen-bond donors (Lipinski definition) is 2. The summed E-state index contributed by atoms with van der Waals surface area (Å²) in [6.45, 7) is -0.0832. The van der Waals surface area contributed by atoms with Crippen molar-refractivity contribution in [2.24, 2.45) is 0 Å². The van der Waals surface area contributed by atoms with Gasteiger partial charge in [-0.15, -0.1) is 0 Å². The van der Waals surface area contributed by atoms with E-state index in [-0.39, 0.29) is 17.9 Å². The van der Waals surface area contributed by atoms with Gasteiger partial charge in [-0.2, -0.15) is 0 Å².